The van der Waals surface area contributed by atoms with Gasteiger partial charge in [0.2, 0.25) is 0 Å². The number of aldehydes is 1. The first-order valence-electron chi connectivity index (χ1n) is 4.61. The Labute approximate surface area is 92.0 Å². The molecule has 1 heterocycles. The molecule has 0 aliphatic rings. The number of rotatable bonds is 3. The minimum Gasteiger partial charge on any atom is -0.441 e. The number of ketones is 1. The van der Waals surface area contributed by atoms with Crippen LogP contribution in [-0.2, 0) is 4.79 Å². The third kappa shape index (κ3) is 3.01. The van der Waals surface area contributed by atoms with Crippen molar-refractivity contribution in [2.75, 3.05) is 0 Å². The fourth-order valence-electron chi connectivity index (χ4n) is 0.939. The molecule has 0 saturated heterocycles. The van der Waals surface area contributed by atoms with Crippen LogP contribution < -0.4 is 5.32 Å². The van der Waals surface area contributed by atoms with Crippen LogP contribution >= 0.6 is 0 Å². The van der Waals surface area contributed by atoms with Gasteiger partial charge in [0.1, 0.15) is 12.0 Å². The lowest BCUT2D eigenvalue weighted by Gasteiger charge is -2.19. The van der Waals surface area contributed by atoms with Gasteiger partial charge >= 0.3 is 5.78 Å². The Bertz CT molecular complexity index is 428. The maximum Gasteiger partial charge on any atom is 0.304 e. The van der Waals surface area contributed by atoms with Gasteiger partial charge in [-0.3, -0.25) is 14.4 Å². The molecular formula is C10H12N2O4. The van der Waals surface area contributed by atoms with Crippen molar-refractivity contribution in [1.29, 1.82) is 0 Å². The van der Waals surface area contributed by atoms with Gasteiger partial charge < -0.3 is 9.73 Å². The van der Waals surface area contributed by atoms with Gasteiger partial charge in [-0.15, -0.1) is 0 Å². The Kier molecular flexibility index (Phi) is 3.22. The highest BCUT2D eigenvalue weighted by Gasteiger charge is 2.25. The summed E-state index contributed by atoms with van der Waals surface area (Å²) in [5.41, 5.74) is -0.542. The molecular weight excluding hydrogens is 212 g/mol. The summed E-state index contributed by atoms with van der Waals surface area (Å²) >= 11 is 0. The Balaban J connectivity index is 2.78. The van der Waals surface area contributed by atoms with Gasteiger partial charge in [0, 0.05) is 5.54 Å². The minimum absolute atomic E-state index is 0.0214. The monoisotopic (exact) mass is 224 g/mol. The van der Waals surface area contributed by atoms with E-state index in [1.807, 2.05) is 0 Å². The van der Waals surface area contributed by atoms with Crippen molar-refractivity contribution in [2.45, 2.75) is 26.3 Å². The number of nitrogens with zero attached hydrogens (tertiary/aromatic N) is 1. The molecule has 1 N–H and O–H groups in total. The average molecular weight is 224 g/mol. The second-order valence-electron chi connectivity index (χ2n) is 4.23. The predicted octanol–water partition coefficient (Wildman–Crippen LogP) is 0.585. The van der Waals surface area contributed by atoms with Crippen LogP contribution in [0.25, 0.3) is 0 Å². The van der Waals surface area contributed by atoms with Gasteiger partial charge in [0.05, 0.1) is 0 Å². The third-order valence-corrected chi connectivity index (χ3v) is 1.53. The van der Waals surface area contributed by atoms with E-state index in [9.17, 15) is 14.4 Å². The maximum absolute atomic E-state index is 11.5. The highest BCUT2D eigenvalue weighted by molar-refractivity contribution is 6.41. The van der Waals surface area contributed by atoms with Crippen molar-refractivity contribution in [2.24, 2.45) is 0 Å². The summed E-state index contributed by atoms with van der Waals surface area (Å²) < 4.78 is 4.70. The van der Waals surface area contributed by atoms with E-state index in [-0.39, 0.29) is 11.6 Å². The summed E-state index contributed by atoms with van der Waals surface area (Å²) in [6.45, 7) is 5.22. The number of carbonyl (C=O) groups excluding carboxylic acids is 3. The highest BCUT2D eigenvalue weighted by atomic mass is 16.4. The Hall–Kier alpha value is -1.98. The van der Waals surface area contributed by atoms with Gasteiger partial charge in [-0.2, -0.15) is 0 Å². The molecule has 1 aromatic heterocycles. The number of hydrogen-bond acceptors (Lipinski definition) is 5. The molecule has 0 saturated carbocycles. The molecule has 16 heavy (non-hydrogen) atoms. The zero-order chi connectivity index (χ0) is 12.3. The lowest BCUT2D eigenvalue weighted by atomic mass is 10.1. The summed E-state index contributed by atoms with van der Waals surface area (Å²) in [6.07, 6.45) is 1.45. The van der Waals surface area contributed by atoms with Crippen LogP contribution in [0.3, 0.4) is 0 Å². The van der Waals surface area contributed by atoms with E-state index in [4.69, 9.17) is 4.42 Å². The van der Waals surface area contributed by atoms with Crippen molar-refractivity contribution in [3.63, 3.8) is 0 Å². The SMILES string of the molecule is CC(C)(C)NC(=O)C(=O)c1nc(C=O)co1. The van der Waals surface area contributed by atoms with E-state index in [2.05, 4.69) is 10.3 Å². The molecule has 6 heteroatoms. The first kappa shape index (κ1) is 12.1. The number of amides is 1. The zero-order valence-electron chi connectivity index (χ0n) is 9.23. The molecule has 0 atom stereocenters. The van der Waals surface area contributed by atoms with Crippen molar-refractivity contribution in [3.8, 4) is 0 Å². The average Bonchev–Trinajstić information content (AvgIpc) is 2.61. The minimum atomic E-state index is -0.900. The normalized spacial score (nSPS) is 10.9. The van der Waals surface area contributed by atoms with E-state index in [1.54, 1.807) is 20.8 Å². The standard InChI is InChI=1S/C10H12N2O4/c1-10(2,3)12-8(15)7(14)9-11-6(4-13)5-16-9/h4-5H,1-3H3,(H,12,15). The predicted molar refractivity (Wildman–Crippen MR) is 54.1 cm³/mol. The molecule has 1 rings (SSSR count). The van der Waals surface area contributed by atoms with E-state index in [0.29, 0.717) is 6.29 Å². The number of Topliss-reactive ketones (excluding diaryl/α,β-unsaturated/α-hetero) is 1. The molecule has 0 aliphatic heterocycles. The summed E-state index contributed by atoms with van der Waals surface area (Å²) in [5.74, 6) is -2.10. The quantitative estimate of drug-likeness (QED) is 0.461. The van der Waals surface area contributed by atoms with Gasteiger partial charge in [-0.05, 0) is 20.8 Å². The summed E-state index contributed by atoms with van der Waals surface area (Å²) in [7, 11) is 0. The molecule has 0 radical (unpaired) electrons. The topological polar surface area (TPSA) is 89.3 Å². The first-order valence-corrected chi connectivity index (χ1v) is 4.61. The van der Waals surface area contributed by atoms with Crippen molar-refractivity contribution in [3.05, 3.63) is 17.8 Å². The van der Waals surface area contributed by atoms with Crippen LogP contribution in [0.2, 0.25) is 0 Å². The molecule has 0 aliphatic carbocycles. The zero-order valence-corrected chi connectivity index (χ0v) is 9.23. The molecule has 0 unspecified atom stereocenters. The summed E-state index contributed by atoms with van der Waals surface area (Å²) in [5, 5.41) is 2.47. The molecule has 86 valence electrons. The van der Waals surface area contributed by atoms with E-state index >= 15 is 0 Å². The smallest absolute Gasteiger partial charge is 0.304 e. The Morgan fingerprint density at radius 3 is 2.50 bits per heavy atom. The van der Waals surface area contributed by atoms with E-state index < -0.39 is 17.2 Å². The van der Waals surface area contributed by atoms with Gasteiger partial charge in [-0.1, -0.05) is 0 Å². The van der Waals surface area contributed by atoms with E-state index in [0.717, 1.165) is 6.26 Å². The Morgan fingerprint density at radius 2 is 2.06 bits per heavy atom. The molecule has 0 spiro atoms. The summed E-state index contributed by atoms with van der Waals surface area (Å²) in [4.78, 5) is 36.7. The molecule has 6 nitrogen and oxygen atoms in total. The Morgan fingerprint density at radius 1 is 1.44 bits per heavy atom. The van der Waals surface area contributed by atoms with Crippen LogP contribution in [0.5, 0.6) is 0 Å². The molecule has 1 aromatic rings. The second-order valence-corrected chi connectivity index (χ2v) is 4.23. The van der Waals surface area contributed by atoms with Crippen LogP contribution in [0.15, 0.2) is 10.7 Å². The number of hydrogen-bond donors (Lipinski definition) is 1. The summed E-state index contributed by atoms with van der Waals surface area (Å²) in [6, 6.07) is 0. The number of carbonyl (C=O) groups is 3. The van der Waals surface area contributed by atoms with Crippen LogP contribution in [0.1, 0.15) is 41.9 Å². The van der Waals surface area contributed by atoms with Gasteiger partial charge in [0.15, 0.2) is 6.29 Å². The van der Waals surface area contributed by atoms with Crippen molar-refractivity contribution >= 4 is 18.0 Å². The molecule has 0 bridgehead atoms. The molecule has 0 aromatic carbocycles. The van der Waals surface area contributed by atoms with E-state index in [1.165, 1.54) is 0 Å². The maximum atomic E-state index is 11.5. The second kappa shape index (κ2) is 4.26. The fourth-order valence-corrected chi connectivity index (χ4v) is 0.939. The number of nitrogens with one attached hydrogen (secondary N) is 1. The lowest BCUT2D eigenvalue weighted by Crippen LogP contribution is -2.44. The van der Waals surface area contributed by atoms with Crippen molar-refractivity contribution in [1.82, 2.24) is 10.3 Å². The highest BCUT2D eigenvalue weighted by Crippen LogP contribution is 2.03. The van der Waals surface area contributed by atoms with Crippen molar-refractivity contribution < 1.29 is 18.8 Å². The molecule has 0 fully saturated rings. The molecule has 1 amide bonds. The van der Waals surface area contributed by atoms with Crippen LogP contribution in [0.4, 0.5) is 0 Å². The number of oxazole rings is 1. The number of aromatic nitrogens is 1. The lowest BCUT2D eigenvalue weighted by molar-refractivity contribution is -0.118. The van der Waals surface area contributed by atoms with Crippen LogP contribution in [0, 0.1) is 0 Å². The largest absolute Gasteiger partial charge is 0.441 e. The van der Waals surface area contributed by atoms with Crippen LogP contribution in [-0.4, -0.2) is 28.5 Å². The van der Waals surface area contributed by atoms with Gasteiger partial charge in [0.25, 0.3) is 11.8 Å². The fraction of sp³-hybridized carbons (Fsp3) is 0.400. The van der Waals surface area contributed by atoms with Gasteiger partial charge in [-0.25, -0.2) is 4.98 Å². The first-order chi connectivity index (χ1) is 7.33. The third-order valence-electron chi connectivity index (χ3n) is 1.53.